The summed E-state index contributed by atoms with van der Waals surface area (Å²) in [7, 11) is 0. The molecule has 4 rings (SSSR count). The molecule has 1 aliphatic heterocycles. The van der Waals surface area contributed by atoms with Gasteiger partial charge in [-0.25, -0.2) is 13.8 Å². The van der Waals surface area contributed by atoms with E-state index >= 15 is 0 Å². The standard InChI is InChI=1S/C21H21F2N3OS/c22-16-1-5-19(6-2-16)26-11-9-25(10-12-26)13-18-15-28-21(24-18)14-27-20-7-3-17(23)4-8-20/h1-8,15H,9-14H2. The summed E-state index contributed by atoms with van der Waals surface area (Å²) in [4.78, 5) is 9.30. The Labute approximate surface area is 167 Å². The van der Waals surface area contributed by atoms with Crippen LogP contribution in [0.2, 0.25) is 0 Å². The third kappa shape index (κ3) is 4.85. The number of piperazine rings is 1. The van der Waals surface area contributed by atoms with E-state index in [1.165, 1.54) is 24.3 Å². The minimum absolute atomic E-state index is 0.204. The van der Waals surface area contributed by atoms with E-state index < -0.39 is 0 Å². The normalized spacial score (nSPS) is 15.0. The van der Waals surface area contributed by atoms with Gasteiger partial charge < -0.3 is 9.64 Å². The third-order valence-corrected chi connectivity index (χ3v) is 5.60. The molecular weight excluding hydrogens is 380 g/mol. The molecule has 0 atom stereocenters. The van der Waals surface area contributed by atoms with Crippen molar-refractivity contribution in [1.82, 2.24) is 9.88 Å². The number of aromatic nitrogens is 1. The molecule has 0 bridgehead atoms. The molecule has 3 aromatic rings. The Morgan fingerprint density at radius 2 is 1.54 bits per heavy atom. The zero-order valence-electron chi connectivity index (χ0n) is 15.4. The van der Waals surface area contributed by atoms with E-state index in [1.807, 2.05) is 12.1 Å². The fraction of sp³-hybridized carbons (Fsp3) is 0.286. The number of thiazole rings is 1. The molecule has 0 aliphatic carbocycles. The molecule has 7 heteroatoms. The van der Waals surface area contributed by atoms with E-state index in [9.17, 15) is 8.78 Å². The van der Waals surface area contributed by atoms with Crippen LogP contribution in [0.4, 0.5) is 14.5 Å². The summed E-state index contributed by atoms with van der Waals surface area (Å²) in [5, 5.41) is 2.97. The largest absolute Gasteiger partial charge is 0.486 e. The van der Waals surface area contributed by atoms with Gasteiger partial charge in [-0.3, -0.25) is 4.90 Å². The highest BCUT2D eigenvalue weighted by molar-refractivity contribution is 7.09. The first-order chi connectivity index (χ1) is 13.7. The molecule has 0 unspecified atom stereocenters. The second-order valence-electron chi connectivity index (χ2n) is 6.71. The Morgan fingerprint density at radius 1 is 0.893 bits per heavy atom. The van der Waals surface area contributed by atoms with E-state index in [1.54, 1.807) is 23.5 Å². The van der Waals surface area contributed by atoms with Crippen LogP contribution in [0.5, 0.6) is 5.75 Å². The van der Waals surface area contributed by atoms with Crippen molar-refractivity contribution in [2.45, 2.75) is 13.2 Å². The maximum atomic E-state index is 13.1. The minimum atomic E-state index is -0.275. The minimum Gasteiger partial charge on any atom is -0.486 e. The van der Waals surface area contributed by atoms with Gasteiger partial charge in [-0.05, 0) is 48.5 Å². The van der Waals surface area contributed by atoms with Crippen LogP contribution in [-0.4, -0.2) is 36.1 Å². The summed E-state index contributed by atoms with van der Waals surface area (Å²) in [5.41, 5.74) is 2.10. The van der Waals surface area contributed by atoms with Gasteiger partial charge in [0.2, 0.25) is 0 Å². The van der Waals surface area contributed by atoms with Crippen molar-refractivity contribution >= 4 is 17.0 Å². The maximum Gasteiger partial charge on any atom is 0.140 e. The molecule has 1 fully saturated rings. The molecule has 1 saturated heterocycles. The molecule has 0 saturated carbocycles. The smallest absolute Gasteiger partial charge is 0.140 e. The van der Waals surface area contributed by atoms with E-state index in [0.29, 0.717) is 12.4 Å². The molecule has 0 N–H and O–H groups in total. The van der Waals surface area contributed by atoms with Gasteiger partial charge in [0.15, 0.2) is 0 Å². The highest BCUT2D eigenvalue weighted by atomic mass is 32.1. The van der Waals surface area contributed by atoms with Gasteiger partial charge in [0.05, 0.1) is 5.69 Å². The second kappa shape index (κ2) is 8.67. The quantitative estimate of drug-likeness (QED) is 0.615. The van der Waals surface area contributed by atoms with Crippen LogP contribution in [0.15, 0.2) is 53.9 Å². The van der Waals surface area contributed by atoms with Crippen molar-refractivity contribution in [1.29, 1.82) is 0 Å². The summed E-state index contributed by atoms with van der Waals surface area (Å²) in [6.07, 6.45) is 0. The monoisotopic (exact) mass is 401 g/mol. The molecule has 1 aliphatic rings. The SMILES string of the molecule is Fc1ccc(OCc2nc(CN3CCN(c4ccc(F)cc4)CC3)cs2)cc1. The van der Waals surface area contributed by atoms with Crippen LogP contribution in [0, 0.1) is 11.6 Å². The first-order valence-electron chi connectivity index (χ1n) is 9.20. The molecule has 1 aromatic heterocycles. The zero-order valence-corrected chi connectivity index (χ0v) is 16.2. The molecule has 28 heavy (non-hydrogen) atoms. The number of nitrogens with zero attached hydrogens (tertiary/aromatic N) is 3. The lowest BCUT2D eigenvalue weighted by molar-refractivity contribution is 0.246. The number of anilines is 1. The lowest BCUT2D eigenvalue weighted by Gasteiger charge is -2.35. The summed E-state index contributed by atoms with van der Waals surface area (Å²) in [6, 6.07) is 12.7. The second-order valence-corrected chi connectivity index (χ2v) is 7.66. The van der Waals surface area contributed by atoms with Crippen molar-refractivity contribution in [2.24, 2.45) is 0 Å². The van der Waals surface area contributed by atoms with Crippen LogP contribution in [0.25, 0.3) is 0 Å². The van der Waals surface area contributed by atoms with Gasteiger partial charge in [0.1, 0.15) is 29.0 Å². The number of benzene rings is 2. The van der Waals surface area contributed by atoms with Crippen LogP contribution in [-0.2, 0) is 13.2 Å². The van der Waals surface area contributed by atoms with Crippen LogP contribution < -0.4 is 9.64 Å². The van der Waals surface area contributed by atoms with E-state index in [2.05, 4.69) is 20.2 Å². The number of ether oxygens (including phenoxy) is 1. The van der Waals surface area contributed by atoms with Gasteiger partial charge in [0, 0.05) is 43.8 Å². The van der Waals surface area contributed by atoms with Crippen LogP contribution >= 0.6 is 11.3 Å². The predicted octanol–water partition coefficient (Wildman–Crippen LogP) is 4.32. The van der Waals surface area contributed by atoms with Gasteiger partial charge in [-0.2, -0.15) is 0 Å². The molecule has 0 radical (unpaired) electrons. The average Bonchev–Trinajstić information content (AvgIpc) is 3.16. The highest BCUT2D eigenvalue weighted by Crippen LogP contribution is 2.20. The Hall–Kier alpha value is -2.51. The topological polar surface area (TPSA) is 28.6 Å². The van der Waals surface area contributed by atoms with Crippen molar-refractivity contribution in [3.05, 3.63) is 76.2 Å². The average molecular weight is 401 g/mol. The molecular formula is C21H21F2N3OS. The van der Waals surface area contributed by atoms with Crippen molar-refractivity contribution in [2.75, 3.05) is 31.1 Å². The van der Waals surface area contributed by atoms with Gasteiger partial charge in [0.25, 0.3) is 0 Å². The van der Waals surface area contributed by atoms with Gasteiger partial charge in [-0.1, -0.05) is 0 Å². The number of hydrogen-bond acceptors (Lipinski definition) is 5. The summed E-state index contributed by atoms with van der Waals surface area (Å²) in [5.74, 6) is 0.156. The molecule has 4 nitrogen and oxygen atoms in total. The third-order valence-electron chi connectivity index (χ3n) is 4.72. The summed E-state index contributed by atoms with van der Waals surface area (Å²) in [6.45, 7) is 4.90. The van der Waals surface area contributed by atoms with E-state index in [0.717, 1.165) is 49.1 Å². The Kier molecular flexibility index (Phi) is 5.83. The molecule has 146 valence electrons. The maximum absolute atomic E-state index is 13.1. The van der Waals surface area contributed by atoms with Crippen LogP contribution in [0.3, 0.4) is 0 Å². The van der Waals surface area contributed by atoms with Crippen molar-refractivity contribution < 1.29 is 13.5 Å². The molecule has 0 spiro atoms. The van der Waals surface area contributed by atoms with E-state index in [4.69, 9.17) is 4.74 Å². The van der Waals surface area contributed by atoms with Crippen molar-refractivity contribution in [3.8, 4) is 5.75 Å². The number of rotatable bonds is 6. The van der Waals surface area contributed by atoms with Crippen molar-refractivity contribution in [3.63, 3.8) is 0 Å². The lowest BCUT2D eigenvalue weighted by Crippen LogP contribution is -2.46. The molecule has 2 aromatic carbocycles. The Bertz CT molecular complexity index is 891. The van der Waals surface area contributed by atoms with Crippen LogP contribution in [0.1, 0.15) is 10.7 Å². The Morgan fingerprint density at radius 3 is 2.21 bits per heavy atom. The van der Waals surface area contributed by atoms with Gasteiger partial charge in [-0.15, -0.1) is 11.3 Å². The van der Waals surface area contributed by atoms with Gasteiger partial charge >= 0.3 is 0 Å². The first kappa shape index (κ1) is 18.8. The fourth-order valence-electron chi connectivity index (χ4n) is 3.21. The first-order valence-corrected chi connectivity index (χ1v) is 10.1. The Balaban J connectivity index is 1.25. The zero-order chi connectivity index (χ0) is 19.3. The number of halogens is 2. The highest BCUT2D eigenvalue weighted by Gasteiger charge is 2.18. The summed E-state index contributed by atoms with van der Waals surface area (Å²) >= 11 is 1.58. The fourth-order valence-corrected chi connectivity index (χ4v) is 3.91. The lowest BCUT2D eigenvalue weighted by atomic mass is 10.2. The van der Waals surface area contributed by atoms with E-state index in [-0.39, 0.29) is 11.6 Å². The summed E-state index contributed by atoms with van der Waals surface area (Å²) < 4.78 is 31.7. The predicted molar refractivity (Wildman–Crippen MR) is 107 cm³/mol. The molecule has 2 heterocycles. The molecule has 0 amide bonds. The number of hydrogen-bond donors (Lipinski definition) is 0.